The highest BCUT2D eigenvalue weighted by Crippen LogP contribution is 2.22. The van der Waals surface area contributed by atoms with Crippen molar-refractivity contribution in [3.8, 4) is 11.3 Å². The summed E-state index contributed by atoms with van der Waals surface area (Å²) in [6.45, 7) is 0.442. The van der Waals surface area contributed by atoms with Gasteiger partial charge in [0.2, 0.25) is 0 Å². The number of hydrogen-bond acceptors (Lipinski definition) is 2. The molecule has 0 radical (unpaired) electrons. The first kappa shape index (κ1) is 13.7. The number of anilines is 1. The van der Waals surface area contributed by atoms with E-state index >= 15 is 0 Å². The van der Waals surface area contributed by atoms with Crippen LogP contribution in [-0.2, 0) is 6.54 Å². The number of nitrogens with one attached hydrogen (secondary N) is 1. The molecule has 0 fully saturated rings. The van der Waals surface area contributed by atoms with Crippen LogP contribution in [0.15, 0.2) is 63.9 Å². The zero-order valence-electron chi connectivity index (χ0n) is 11.2. The SMILES string of the molecule is Nc1c(-c2ccccc2)[nH]n(Cc2ccccc2Br)c1=O. The summed E-state index contributed by atoms with van der Waals surface area (Å²) in [4.78, 5) is 12.3. The van der Waals surface area contributed by atoms with Gasteiger partial charge in [-0.25, -0.2) is 4.68 Å². The Morgan fingerprint density at radius 3 is 2.43 bits per heavy atom. The monoisotopic (exact) mass is 343 g/mol. The third-order valence-corrected chi connectivity index (χ3v) is 4.11. The highest BCUT2D eigenvalue weighted by molar-refractivity contribution is 9.10. The molecule has 5 heteroatoms. The Labute approximate surface area is 130 Å². The Kier molecular flexibility index (Phi) is 3.66. The second-order valence-corrected chi connectivity index (χ2v) is 5.60. The first-order chi connectivity index (χ1) is 10.2. The molecule has 0 amide bonds. The molecule has 0 saturated carbocycles. The van der Waals surface area contributed by atoms with Crippen LogP contribution in [0.2, 0.25) is 0 Å². The van der Waals surface area contributed by atoms with Gasteiger partial charge in [-0.1, -0.05) is 64.5 Å². The number of hydrogen-bond donors (Lipinski definition) is 2. The van der Waals surface area contributed by atoms with Crippen LogP contribution in [0.1, 0.15) is 5.56 Å². The van der Waals surface area contributed by atoms with E-state index in [0.717, 1.165) is 15.6 Å². The van der Waals surface area contributed by atoms with E-state index in [0.29, 0.717) is 12.2 Å². The fraction of sp³-hybridized carbons (Fsp3) is 0.0625. The zero-order valence-corrected chi connectivity index (χ0v) is 12.8. The van der Waals surface area contributed by atoms with Crippen LogP contribution in [0.4, 0.5) is 5.69 Å². The molecule has 0 atom stereocenters. The average Bonchev–Trinajstić information content (AvgIpc) is 2.79. The lowest BCUT2D eigenvalue weighted by molar-refractivity contribution is 0.665. The van der Waals surface area contributed by atoms with Crippen molar-refractivity contribution < 1.29 is 0 Å². The first-order valence-corrected chi connectivity index (χ1v) is 7.33. The van der Waals surface area contributed by atoms with Crippen molar-refractivity contribution in [3.05, 3.63) is 75.0 Å². The van der Waals surface area contributed by atoms with E-state index in [1.807, 2.05) is 54.6 Å². The first-order valence-electron chi connectivity index (χ1n) is 6.54. The molecular formula is C16H14BrN3O. The molecule has 0 aliphatic heterocycles. The molecule has 0 bridgehead atoms. The lowest BCUT2D eigenvalue weighted by Gasteiger charge is -2.04. The van der Waals surface area contributed by atoms with Crippen molar-refractivity contribution in [2.75, 3.05) is 5.73 Å². The topological polar surface area (TPSA) is 63.8 Å². The highest BCUT2D eigenvalue weighted by atomic mass is 79.9. The van der Waals surface area contributed by atoms with Crippen molar-refractivity contribution in [1.82, 2.24) is 9.78 Å². The Balaban J connectivity index is 2.02. The van der Waals surface area contributed by atoms with Gasteiger partial charge in [-0.2, -0.15) is 0 Å². The highest BCUT2D eigenvalue weighted by Gasteiger charge is 2.13. The summed E-state index contributed by atoms with van der Waals surface area (Å²) in [5, 5.41) is 3.10. The van der Waals surface area contributed by atoms with Crippen molar-refractivity contribution in [2.24, 2.45) is 0 Å². The van der Waals surface area contributed by atoms with Crippen LogP contribution in [-0.4, -0.2) is 9.78 Å². The molecule has 2 aromatic carbocycles. The van der Waals surface area contributed by atoms with Gasteiger partial charge in [-0.05, 0) is 11.6 Å². The van der Waals surface area contributed by atoms with E-state index in [-0.39, 0.29) is 11.2 Å². The predicted octanol–water partition coefficient (Wildman–Crippen LogP) is 3.24. The summed E-state index contributed by atoms with van der Waals surface area (Å²) in [5.41, 5.74) is 8.57. The Hall–Kier alpha value is -2.27. The molecule has 1 aromatic heterocycles. The number of nitrogen functional groups attached to an aromatic ring is 1. The second kappa shape index (κ2) is 5.61. The molecule has 1 heterocycles. The van der Waals surface area contributed by atoms with Crippen molar-refractivity contribution in [1.29, 1.82) is 0 Å². The van der Waals surface area contributed by atoms with E-state index in [1.165, 1.54) is 4.68 Å². The van der Waals surface area contributed by atoms with Crippen molar-refractivity contribution in [3.63, 3.8) is 0 Å². The van der Waals surface area contributed by atoms with E-state index < -0.39 is 0 Å². The molecule has 3 aromatic rings. The van der Waals surface area contributed by atoms with E-state index in [9.17, 15) is 4.79 Å². The summed E-state index contributed by atoms with van der Waals surface area (Å²) >= 11 is 3.49. The van der Waals surface area contributed by atoms with Crippen molar-refractivity contribution >= 4 is 21.6 Å². The summed E-state index contributed by atoms with van der Waals surface area (Å²) in [6.07, 6.45) is 0. The molecule has 0 aliphatic rings. The zero-order chi connectivity index (χ0) is 14.8. The number of rotatable bonds is 3. The van der Waals surface area contributed by atoms with Gasteiger partial charge in [0.15, 0.2) is 0 Å². The number of benzene rings is 2. The Morgan fingerprint density at radius 2 is 1.71 bits per heavy atom. The average molecular weight is 344 g/mol. The van der Waals surface area contributed by atoms with Gasteiger partial charge in [0.1, 0.15) is 5.69 Å². The third-order valence-electron chi connectivity index (χ3n) is 3.34. The molecule has 21 heavy (non-hydrogen) atoms. The van der Waals surface area contributed by atoms with Gasteiger partial charge in [-0.15, -0.1) is 0 Å². The van der Waals surface area contributed by atoms with Gasteiger partial charge in [0.05, 0.1) is 12.2 Å². The van der Waals surface area contributed by atoms with Crippen LogP contribution >= 0.6 is 15.9 Å². The van der Waals surface area contributed by atoms with Crippen LogP contribution in [0, 0.1) is 0 Å². The number of aromatic nitrogens is 2. The third kappa shape index (κ3) is 2.64. The molecule has 3 rings (SSSR count). The lowest BCUT2D eigenvalue weighted by Crippen LogP contribution is -2.19. The minimum absolute atomic E-state index is 0.204. The fourth-order valence-corrected chi connectivity index (χ4v) is 2.64. The quantitative estimate of drug-likeness (QED) is 0.766. The minimum Gasteiger partial charge on any atom is -0.392 e. The summed E-state index contributed by atoms with van der Waals surface area (Å²) < 4.78 is 2.49. The molecule has 0 spiro atoms. The molecule has 0 unspecified atom stereocenters. The van der Waals surface area contributed by atoms with Gasteiger partial charge >= 0.3 is 0 Å². The maximum Gasteiger partial charge on any atom is 0.290 e. The molecule has 106 valence electrons. The van der Waals surface area contributed by atoms with E-state index in [1.54, 1.807) is 0 Å². The number of H-pyrrole nitrogens is 1. The van der Waals surface area contributed by atoms with Crippen LogP contribution in [0.5, 0.6) is 0 Å². The largest absolute Gasteiger partial charge is 0.392 e. The van der Waals surface area contributed by atoms with Gasteiger partial charge < -0.3 is 5.73 Å². The Bertz CT molecular complexity index is 821. The number of halogens is 1. The number of nitrogens with zero attached hydrogens (tertiary/aromatic N) is 1. The van der Waals surface area contributed by atoms with Gasteiger partial charge in [0.25, 0.3) is 5.56 Å². The predicted molar refractivity (Wildman–Crippen MR) is 88.1 cm³/mol. The molecule has 0 aliphatic carbocycles. The summed E-state index contributed by atoms with van der Waals surface area (Å²) in [7, 11) is 0. The lowest BCUT2D eigenvalue weighted by atomic mass is 10.1. The summed E-state index contributed by atoms with van der Waals surface area (Å²) in [6, 6.07) is 17.4. The molecule has 4 nitrogen and oxygen atoms in total. The molecule has 0 saturated heterocycles. The van der Waals surface area contributed by atoms with Crippen molar-refractivity contribution in [2.45, 2.75) is 6.54 Å². The van der Waals surface area contributed by atoms with E-state index in [4.69, 9.17) is 5.73 Å². The van der Waals surface area contributed by atoms with E-state index in [2.05, 4.69) is 21.0 Å². The molecular weight excluding hydrogens is 330 g/mol. The van der Waals surface area contributed by atoms with Crippen LogP contribution in [0.3, 0.4) is 0 Å². The smallest absolute Gasteiger partial charge is 0.290 e. The van der Waals surface area contributed by atoms with Crippen LogP contribution < -0.4 is 11.3 Å². The maximum atomic E-state index is 12.3. The minimum atomic E-state index is -0.204. The molecule has 3 N–H and O–H groups in total. The Morgan fingerprint density at radius 1 is 1.05 bits per heavy atom. The second-order valence-electron chi connectivity index (χ2n) is 4.75. The normalized spacial score (nSPS) is 10.7. The fourth-order valence-electron chi connectivity index (χ4n) is 2.23. The number of aromatic amines is 1. The standard InChI is InChI=1S/C16H14BrN3O/c17-13-9-5-4-8-12(13)10-20-16(21)14(18)15(19-20)11-6-2-1-3-7-11/h1-9,19H,10,18H2. The summed E-state index contributed by atoms with van der Waals surface area (Å²) in [5.74, 6) is 0. The van der Waals surface area contributed by atoms with Gasteiger partial charge in [0, 0.05) is 10.0 Å². The number of nitrogens with two attached hydrogens (primary N) is 1. The van der Waals surface area contributed by atoms with Gasteiger partial charge in [-0.3, -0.25) is 9.89 Å². The maximum absolute atomic E-state index is 12.3. The van der Waals surface area contributed by atoms with Crippen LogP contribution in [0.25, 0.3) is 11.3 Å².